The van der Waals surface area contributed by atoms with Crippen LogP contribution < -0.4 is 10.6 Å². The third kappa shape index (κ3) is 2.58. The highest BCUT2D eigenvalue weighted by Gasteiger charge is 2.29. The number of pyridine rings is 1. The fourth-order valence-electron chi connectivity index (χ4n) is 1.79. The SMILES string of the molecule is Cc1ccnc(Cl)c1NC(=O)C(C)C1CNC1. The largest absolute Gasteiger partial charge is 0.323 e. The molecule has 0 aromatic carbocycles. The molecule has 1 unspecified atom stereocenters. The van der Waals surface area contributed by atoms with Gasteiger partial charge in [-0.2, -0.15) is 0 Å². The summed E-state index contributed by atoms with van der Waals surface area (Å²) in [7, 11) is 0. The fourth-order valence-corrected chi connectivity index (χ4v) is 2.04. The maximum atomic E-state index is 12.0. The molecule has 1 fully saturated rings. The zero-order valence-electron chi connectivity index (χ0n) is 9.96. The van der Waals surface area contributed by atoms with Crippen molar-refractivity contribution in [2.45, 2.75) is 13.8 Å². The normalized spacial score (nSPS) is 17.4. The Morgan fingerprint density at radius 2 is 2.35 bits per heavy atom. The second-order valence-corrected chi connectivity index (χ2v) is 4.85. The molecule has 92 valence electrons. The van der Waals surface area contributed by atoms with Crippen molar-refractivity contribution >= 4 is 23.2 Å². The van der Waals surface area contributed by atoms with Crippen molar-refractivity contribution < 1.29 is 4.79 Å². The van der Waals surface area contributed by atoms with Crippen molar-refractivity contribution in [3.05, 3.63) is 23.0 Å². The first-order valence-corrected chi connectivity index (χ1v) is 6.10. The summed E-state index contributed by atoms with van der Waals surface area (Å²) >= 11 is 5.97. The van der Waals surface area contributed by atoms with E-state index in [2.05, 4.69) is 15.6 Å². The van der Waals surface area contributed by atoms with Crippen LogP contribution >= 0.6 is 11.6 Å². The van der Waals surface area contributed by atoms with Gasteiger partial charge in [0.1, 0.15) is 0 Å². The van der Waals surface area contributed by atoms with Crippen LogP contribution in [0, 0.1) is 18.8 Å². The van der Waals surface area contributed by atoms with Crippen LogP contribution in [0.2, 0.25) is 5.15 Å². The highest BCUT2D eigenvalue weighted by molar-refractivity contribution is 6.32. The summed E-state index contributed by atoms with van der Waals surface area (Å²) in [5, 5.41) is 6.38. The predicted octanol–water partition coefficient (Wildman–Crippen LogP) is 1.84. The molecule has 2 rings (SSSR count). The third-order valence-electron chi connectivity index (χ3n) is 3.29. The van der Waals surface area contributed by atoms with Gasteiger partial charge in [-0.25, -0.2) is 4.98 Å². The number of hydrogen-bond acceptors (Lipinski definition) is 3. The standard InChI is InChI=1S/C12H16ClN3O/c1-7-3-4-15-11(13)10(7)16-12(17)8(2)9-5-14-6-9/h3-4,8-9,14H,5-6H2,1-2H3,(H,16,17). The molecule has 4 nitrogen and oxygen atoms in total. The smallest absolute Gasteiger partial charge is 0.227 e. The second kappa shape index (κ2) is 5.02. The Morgan fingerprint density at radius 1 is 1.65 bits per heavy atom. The van der Waals surface area contributed by atoms with Gasteiger partial charge in [-0.1, -0.05) is 18.5 Å². The van der Waals surface area contributed by atoms with Crippen molar-refractivity contribution in [1.82, 2.24) is 10.3 Å². The van der Waals surface area contributed by atoms with Crippen molar-refractivity contribution in [1.29, 1.82) is 0 Å². The van der Waals surface area contributed by atoms with Crippen LogP contribution in [0.1, 0.15) is 12.5 Å². The lowest BCUT2D eigenvalue weighted by Crippen LogP contribution is -2.48. The van der Waals surface area contributed by atoms with Crippen molar-refractivity contribution in [2.24, 2.45) is 11.8 Å². The molecule has 0 spiro atoms. The monoisotopic (exact) mass is 253 g/mol. The number of hydrogen-bond donors (Lipinski definition) is 2. The van der Waals surface area contributed by atoms with Crippen molar-refractivity contribution in [2.75, 3.05) is 18.4 Å². The first-order valence-electron chi connectivity index (χ1n) is 5.72. The summed E-state index contributed by atoms with van der Waals surface area (Å²) < 4.78 is 0. The Kier molecular flexibility index (Phi) is 3.64. The molecule has 1 aromatic rings. The number of amides is 1. The highest BCUT2D eigenvalue weighted by Crippen LogP contribution is 2.25. The lowest BCUT2D eigenvalue weighted by Gasteiger charge is -2.31. The minimum atomic E-state index is -0.00748. The van der Waals surface area contributed by atoms with Crippen LogP contribution in [0.3, 0.4) is 0 Å². The van der Waals surface area contributed by atoms with Gasteiger partial charge in [-0.15, -0.1) is 0 Å². The lowest BCUT2D eigenvalue weighted by molar-refractivity contribution is -0.121. The van der Waals surface area contributed by atoms with E-state index in [0.29, 0.717) is 16.8 Å². The van der Waals surface area contributed by atoms with Gasteiger partial charge in [-0.05, 0) is 37.6 Å². The molecule has 2 N–H and O–H groups in total. The lowest BCUT2D eigenvalue weighted by atomic mass is 9.88. The number of halogens is 1. The van der Waals surface area contributed by atoms with Gasteiger partial charge < -0.3 is 10.6 Å². The van der Waals surface area contributed by atoms with E-state index in [4.69, 9.17) is 11.6 Å². The fraction of sp³-hybridized carbons (Fsp3) is 0.500. The van der Waals surface area contributed by atoms with Crippen molar-refractivity contribution in [3.63, 3.8) is 0 Å². The topological polar surface area (TPSA) is 54.0 Å². The number of carbonyl (C=O) groups excluding carboxylic acids is 1. The molecule has 1 aliphatic rings. The van der Waals surface area contributed by atoms with E-state index in [9.17, 15) is 4.79 Å². The third-order valence-corrected chi connectivity index (χ3v) is 3.58. The molecule has 1 saturated heterocycles. The van der Waals surface area contributed by atoms with Crippen LogP contribution in [-0.2, 0) is 4.79 Å². The Morgan fingerprint density at radius 3 is 2.88 bits per heavy atom. The molecule has 2 heterocycles. The summed E-state index contributed by atoms with van der Waals surface area (Å²) in [5.74, 6) is 0.423. The van der Waals surface area contributed by atoms with E-state index in [1.165, 1.54) is 0 Å². The van der Waals surface area contributed by atoms with Gasteiger partial charge in [0.2, 0.25) is 5.91 Å². The molecular formula is C12H16ClN3O. The van der Waals surface area contributed by atoms with Gasteiger partial charge in [-0.3, -0.25) is 4.79 Å². The Bertz CT molecular complexity index is 412. The molecule has 17 heavy (non-hydrogen) atoms. The van der Waals surface area contributed by atoms with Gasteiger partial charge in [0.05, 0.1) is 5.69 Å². The molecule has 1 aromatic heterocycles. The molecule has 0 saturated carbocycles. The number of aromatic nitrogens is 1. The summed E-state index contributed by atoms with van der Waals surface area (Å²) in [6.07, 6.45) is 1.63. The van der Waals surface area contributed by atoms with Crippen LogP contribution in [0.15, 0.2) is 12.3 Å². The molecule has 1 amide bonds. The van der Waals surface area contributed by atoms with Gasteiger partial charge in [0.15, 0.2) is 5.15 Å². The predicted molar refractivity (Wildman–Crippen MR) is 68.1 cm³/mol. The number of anilines is 1. The zero-order valence-corrected chi connectivity index (χ0v) is 10.7. The first kappa shape index (κ1) is 12.3. The van der Waals surface area contributed by atoms with E-state index in [0.717, 1.165) is 18.7 Å². The first-order chi connectivity index (χ1) is 8.09. The molecule has 5 heteroatoms. The van der Waals surface area contributed by atoms with Crippen LogP contribution in [0.5, 0.6) is 0 Å². The average Bonchev–Trinajstić information content (AvgIpc) is 2.21. The summed E-state index contributed by atoms with van der Waals surface area (Å²) in [6, 6.07) is 1.83. The molecule has 0 aliphatic carbocycles. The van der Waals surface area contributed by atoms with Gasteiger partial charge in [0.25, 0.3) is 0 Å². The Hall–Kier alpha value is -1.13. The molecule has 1 aliphatic heterocycles. The van der Waals surface area contributed by atoms with Gasteiger partial charge >= 0.3 is 0 Å². The minimum absolute atomic E-state index is 0.00748. The summed E-state index contributed by atoms with van der Waals surface area (Å²) in [5.41, 5.74) is 1.55. The van der Waals surface area contributed by atoms with E-state index in [1.54, 1.807) is 6.20 Å². The van der Waals surface area contributed by atoms with E-state index in [1.807, 2.05) is 19.9 Å². The quantitative estimate of drug-likeness (QED) is 0.809. The van der Waals surface area contributed by atoms with E-state index < -0.39 is 0 Å². The van der Waals surface area contributed by atoms with Gasteiger partial charge in [0, 0.05) is 12.1 Å². The van der Waals surface area contributed by atoms with Crippen LogP contribution in [0.4, 0.5) is 5.69 Å². The molecule has 1 atom stereocenters. The highest BCUT2D eigenvalue weighted by atomic mass is 35.5. The van der Waals surface area contributed by atoms with Crippen molar-refractivity contribution in [3.8, 4) is 0 Å². The second-order valence-electron chi connectivity index (χ2n) is 4.49. The Labute approximate surface area is 106 Å². The number of aryl methyl sites for hydroxylation is 1. The number of carbonyl (C=O) groups is 1. The molecule has 0 radical (unpaired) electrons. The van der Waals surface area contributed by atoms with Crippen LogP contribution in [-0.4, -0.2) is 24.0 Å². The number of nitrogens with one attached hydrogen (secondary N) is 2. The minimum Gasteiger partial charge on any atom is -0.323 e. The Balaban J connectivity index is 2.07. The average molecular weight is 254 g/mol. The number of nitrogens with zero attached hydrogens (tertiary/aromatic N) is 1. The zero-order chi connectivity index (χ0) is 12.4. The number of rotatable bonds is 3. The van der Waals surface area contributed by atoms with E-state index >= 15 is 0 Å². The molecule has 0 bridgehead atoms. The van der Waals surface area contributed by atoms with E-state index in [-0.39, 0.29) is 11.8 Å². The summed E-state index contributed by atoms with van der Waals surface area (Å²) in [6.45, 7) is 5.67. The molecular weight excluding hydrogens is 238 g/mol. The maximum Gasteiger partial charge on any atom is 0.227 e. The maximum absolute atomic E-state index is 12.0. The summed E-state index contributed by atoms with van der Waals surface area (Å²) in [4.78, 5) is 16.0. The van der Waals surface area contributed by atoms with Crippen LogP contribution in [0.25, 0.3) is 0 Å².